The van der Waals surface area contributed by atoms with Crippen LogP contribution in [0.5, 0.6) is 0 Å². The van der Waals surface area contributed by atoms with Crippen molar-refractivity contribution in [2.75, 3.05) is 10.6 Å². The fourth-order valence-electron chi connectivity index (χ4n) is 10.1. The van der Waals surface area contributed by atoms with E-state index in [0.717, 1.165) is 66.9 Å². The van der Waals surface area contributed by atoms with Crippen molar-refractivity contribution in [3.63, 3.8) is 0 Å². The lowest BCUT2D eigenvalue weighted by molar-refractivity contribution is 0.584. The van der Waals surface area contributed by atoms with Crippen LogP contribution in [-0.4, -0.2) is 0 Å². The summed E-state index contributed by atoms with van der Waals surface area (Å²) in [4.78, 5) is 0. The molecule has 0 bridgehead atoms. The van der Waals surface area contributed by atoms with Gasteiger partial charge < -0.3 is 15.1 Å². The van der Waals surface area contributed by atoms with Crippen molar-refractivity contribution in [1.29, 1.82) is 0 Å². The van der Waals surface area contributed by atoms with Crippen LogP contribution in [0.15, 0.2) is 199 Å². The fraction of sp³-hybridized carbons (Fsp3) is 0.129. The molecular formula is C62H52N2O. The number of nitrogens with one attached hydrogen (secondary N) is 2. The Bertz CT molecular complexity index is 3440. The predicted molar refractivity (Wildman–Crippen MR) is 276 cm³/mol. The molecule has 3 nitrogen and oxygen atoms in total. The van der Waals surface area contributed by atoms with E-state index in [2.05, 4.69) is 234 Å². The minimum atomic E-state index is -0.169. The molecule has 9 aromatic carbocycles. The first kappa shape index (κ1) is 40.2. The molecule has 0 saturated carbocycles. The summed E-state index contributed by atoms with van der Waals surface area (Å²) in [7, 11) is 0. The largest absolute Gasteiger partial charge is 0.456 e. The summed E-state index contributed by atoms with van der Waals surface area (Å²) in [6.45, 7) is 14.0. The third-order valence-corrected chi connectivity index (χ3v) is 13.6. The van der Waals surface area contributed by atoms with E-state index in [-0.39, 0.29) is 10.8 Å². The Morgan fingerprint density at radius 3 is 1.86 bits per heavy atom. The van der Waals surface area contributed by atoms with Gasteiger partial charge in [0.15, 0.2) is 0 Å². The molecule has 0 unspecified atom stereocenters. The number of anilines is 4. The van der Waals surface area contributed by atoms with Gasteiger partial charge >= 0.3 is 0 Å². The first-order valence-corrected chi connectivity index (χ1v) is 22.8. The molecule has 0 radical (unpaired) electrons. The van der Waals surface area contributed by atoms with Gasteiger partial charge in [-0.15, -0.1) is 0 Å². The van der Waals surface area contributed by atoms with Crippen LogP contribution >= 0.6 is 0 Å². The third-order valence-electron chi connectivity index (χ3n) is 13.6. The van der Waals surface area contributed by atoms with Crippen molar-refractivity contribution >= 4 is 44.7 Å². The summed E-state index contributed by atoms with van der Waals surface area (Å²) in [6, 6.07) is 70.2. The Kier molecular flexibility index (Phi) is 9.62. The molecule has 0 amide bonds. The highest BCUT2D eigenvalue weighted by molar-refractivity contribution is 6.12. The van der Waals surface area contributed by atoms with Gasteiger partial charge in [-0.3, -0.25) is 0 Å². The molecule has 2 N–H and O–H groups in total. The second-order valence-corrected chi connectivity index (χ2v) is 19.1. The van der Waals surface area contributed by atoms with E-state index in [0.29, 0.717) is 0 Å². The lowest BCUT2D eigenvalue weighted by Gasteiger charge is -2.25. The van der Waals surface area contributed by atoms with Gasteiger partial charge in [-0.05, 0) is 122 Å². The second kappa shape index (κ2) is 15.6. The lowest BCUT2D eigenvalue weighted by atomic mass is 9.78. The van der Waals surface area contributed by atoms with E-state index >= 15 is 0 Å². The number of hydrogen-bond donors (Lipinski definition) is 2. The summed E-state index contributed by atoms with van der Waals surface area (Å²) >= 11 is 0. The van der Waals surface area contributed by atoms with Gasteiger partial charge in [-0.25, -0.2) is 0 Å². The molecule has 0 fully saturated rings. The molecule has 3 heteroatoms. The monoisotopic (exact) mass is 840 g/mol. The van der Waals surface area contributed by atoms with Gasteiger partial charge in [0.05, 0.1) is 0 Å². The summed E-state index contributed by atoms with van der Waals surface area (Å²) < 4.78 is 6.27. The van der Waals surface area contributed by atoms with Gasteiger partial charge in [0.2, 0.25) is 0 Å². The van der Waals surface area contributed by atoms with Crippen molar-refractivity contribution < 1.29 is 4.42 Å². The normalized spacial score (nSPS) is 12.9. The SMILES string of the molecule is Cc1ccccc1-c1c(-c2ccc(Nc3ccccc3-c3ccccc3)cc2Nc2ccc(-c3cccc4oc5ccccc5c34)cc2)ccc2c1-c1ccc(C(C)(C)C)cc1C2(C)C. The maximum absolute atomic E-state index is 6.27. The molecule has 65 heavy (non-hydrogen) atoms. The molecule has 0 atom stereocenters. The van der Waals surface area contributed by atoms with E-state index in [1.165, 1.54) is 55.6 Å². The van der Waals surface area contributed by atoms with Crippen LogP contribution in [-0.2, 0) is 10.8 Å². The molecule has 1 aromatic heterocycles. The Hall–Kier alpha value is -7.62. The first-order valence-electron chi connectivity index (χ1n) is 22.8. The van der Waals surface area contributed by atoms with E-state index in [4.69, 9.17) is 4.42 Å². The summed E-state index contributed by atoms with van der Waals surface area (Å²) in [5, 5.41) is 10.0. The molecule has 1 aliphatic rings. The highest BCUT2D eigenvalue weighted by Gasteiger charge is 2.39. The lowest BCUT2D eigenvalue weighted by Crippen LogP contribution is -2.17. The summed E-state index contributed by atoms with van der Waals surface area (Å²) in [5.41, 5.74) is 23.2. The van der Waals surface area contributed by atoms with Crippen LogP contribution in [0.4, 0.5) is 22.7 Å². The van der Waals surface area contributed by atoms with Gasteiger partial charge in [0.1, 0.15) is 11.2 Å². The maximum atomic E-state index is 6.27. The molecule has 0 saturated heterocycles. The van der Waals surface area contributed by atoms with Crippen LogP contribution in [0, 0.1) is 6.92 Å². The minimum absolute atomic E-state index is 0.0427. The van der Waals surface area contributed by atoms with Crippen molar-refractivity contribution in [3.05, 3.63) is 216 Å². The maximum Gasteiger partial charge on any atom is 0.136 e. The zero-order valence-electron chi connectivity index (χ0n) is 37.9. The highest BCUT2D eigenvalue weighted by atomic mass is 16.3. The number of aryl methyl sites for hydroxylation is 1. The Morgan fingerprint density at radius 2 is 1.06 bits per heavy atom. The zero-order chi connectivity index (χ0) is 44.5. The number of fused-ring (bicyclic) bond motifs is 6. The molecule has 0 aliphatic heterocycles. The van der Waals surface area contributed by atoms with Gasteiger partial charge in [0, 0.05) is 50.1 Å². The number of hydrogen-bond acceptors (Lipinski definition) is 3. The van der Waals surface area contributed by atoms with Crippen molar-refractivity contribution in [2.45, 2.75) is 52.4 Å². The van der Waals surface area contributed by atoms with Gasteiger partial charge in [-0.1, -0.05) is 186 Å². The minimum Gasteiger partial charge on any atom is -0.456 e. The Morgan fingerprint density at radius 1 is 0.431 bits per heavy atom. The molecule has 11 rings (SSSR count). The van der Waals surface area contributed by atoms with Crippen LogP contribution in [0.2, 0.25) is 0 Å². The topological polar surface area (TPSA) is 37.2 Å². The average molecular weight is 841 g/mol. The van der Waals surface area contributed by atoms with Crippen molar-refractivity contribution in [2.24, 2.45) is 0 Å². The quantitative estimate of drug-likeness (QED) is 0.160. The number of rotatable bonds is 8. The predicted octanol–water partition coefficient (Wildman–Crippen LogP) is 17.7. The molecular weight excluding hydrogens is 789 g/mol. The Labute approximate surface area is 382 Å². The number of furan rings is 1. The van der Waals surface area contributed by atoms with Gasteiger partial charge in [-0.2, -0.15) is 0 Å². The van der Waals surface area contributed by atoms with Crippen LogP contribution in [0.3, 0.4) is 0 Å². The fourth-order valence-corrected chi connectivity index (χ4v) is 10.1. The zero-order valence-corrected chi connectivity index (χ0v) is 37.9. The second-order valence-electron chi connectivity index (χ2n) is 19.1. The first-order chi connectivity index (χ1) is 31.5. The molecule has 1 aliphatic carbocycles. The van der Waals surface area contributed by atoms with Crippen LogP contribution in [0.25, 0.3) is 77.6 Å². The van der Waals surface area contributed by atoms with Crippen LogP contribution in [0.1, 0.15) is 56.9 Å². The van der Waals surface area contributed by atoms with E-state index in [1.807, 2.05) is 12.1 Å². The van der Waals surface area contributed by atoms with E-state index < -0.39 is 0 Å². The van der Waals surface area contributed by atoms with Gasteiger partial charge in [0.25, 0.3) is 0 Å². The molecule has 1 heterocycles. The van der Waals surface area contributed by atoms with Crippen molar-refractivity contribution in [1.82, 2.24) is 0 Å². The average Bonchev–Trinajstić information content (AvgIpc) is 3.81. The summed E-state index contributed by atoms with van der Waals surface area (Å²) in [6.07, 6.45) is 0. The van der Waals surface area contributed by atoms with Crippen molar-refractivity contribution in [3.8, 4) is 55.6 Å². The summed E-state index contributed by atoms with van der Waals surface area (Å²) in [5.74, 6) is 0. The number of benzene rings is 9. The van der Waals surface area contributed by atoms with E-state index in [9.17, 15) is 0 Å². The number of para-hydroxylation sites is 2. The molecule has 0 spiro atoms. The standard InChI is InChI=1S/C62H52N2O/c1-39-17-10-11-20-45(39)59-49(35-36-52-60(59)50-33-29-42(61(2,3)4)37-53(50)62(52,5)6)48-34-32-44(64-54-24-14-12-21-46(54)40-18-8-7-9-19-40)38-55(48)63-43-30-27-41(28-31-43)47-23-16-26-57-58(47)51-22-13-15-25-56(51)65-57/h7-38,63-64H,1-6H3. The van der Waals surface area contributed by atoms with Crippen LogP contribution < -0.4 is 10.6 Å². The highest BCUT2D eigenvalue weighted by Crippen LogP contribution is 2.56. The smallest absolute Gasteiger partial charge is 0.136 e. The molecule has 10 aromatic rings. The Balaban J connectivity index is 1.08. The van der Waals surface area contributed by atoms with E-state index in [1.54, 1.807) is 0 Å². The third kappa shape index (κ3) is 7.00. The molecule has 316 valence electrons.